The molecule has 0 aliphatic carbocycles. The summed E-state index contributed by atoms with van der Waals surface area (Å²) < 4.78 is 4.99. The fraction of sp³-hybridized carbons (Fsp3) is 0.190. The fourth-order valence-electron chi connectivity index (χ4n) is 6.77. The van der Waals surface area contributed by atoms with Crippen molar-refractivity contribution in [3.63, 3.8) is 0 Å². The second kappa shape index (κ2) is 16.5. The van der Waals surface area contributed by atoms with Gasteiger partial charge < -0.3 is 14.6 Å². The Morgan fingerprint density at radius 2 is 1.59 bits per heavy atom. The van der Waals surface area contributed by atoms with E-state index in [9.17, 15) is 14.4 Å². The van der Waals surface area contributed by atoms with Crippen molar-refractivity contribution in [2.75, 3.05) is 19.1 Å². The van der Waals surface area contributed by atoms with Crippen molar-refractivity contribution in [3.05, 3.63) is 146 Å². The number of esters is 1. The number of aryl methyl sites for hydroxylation is 2. The third-order valence-electron chi connectivity index (χ3n) is 9.49. The Morgan fingerprint density at radius 1 is 0.870 bits per heavy atom. The number of benzene rings is 4. The molecule has 4 N–H and O–H groups in total. The Morgan fingerprint density at radius 3 is 2.26 bits per heavy atom. The molecule has 2 heterocycles. The van der Waals surface area contributed by atoms with E-state index in [2.05, 4.69) is 15.8 Å². The number of halogens is 1. The highest BCUT2D eigenvalue weighted by Gasteiger charge is 2.40. The summed E-state index contributed by atoms with van der Waals surface area (Å²) in [6.45, 7) is 3.81. The first-order valence-corrected chi connectivity index (χ1v) is 18.5. The van der Waals surface area contributed by atoms with Crippen molar-refractivity contribution in [2.45, 2.75) is 38.8 Å². The number of likely N-dealkylation sites (N-methyl/N-ethyl adjacent to an activating group) is 1. The van der Waals surface area contributed by atoms with E-state index in [1.165, 1.54) is 35.1 Å². The van der Waals surface area contributed by atoms with Crippen LogP contribution in [0.4, 0.5) is 5.69 Å². The van der Waals surface area contributed by atoms with Gasteiger partial charge in [-0.3, -0.25) is 24.7 Å². The van der Waals surface area contributed by atoms with E-state index in [0.717, 1.165) is 44.3 Å². The number of carbonyl (C=O) groups excluding carboxylic acids is 4. The minimum atomic E-state index is -1.28. The van der Waals surface area contributed by atoms with Crippen LogP contribution in [0.2, 0.25) is 5.02 Å². The number of nitrogens with two attached hydrogens (primary N) is 1. The maximum atomic E-state index is 15.5. The molecule has 0 unspecified atom stereocenters. The number of fused-ring (bicyclic) bond motifs is 1. The number of ether oxygens (including phenoxy) is 1. The predicted molar refractivity (Wildman–Crippen MR) is 214 cm³/mol. The number of aromatic amines is 1. The van der Waals surface area contributed by atoms with Crippen LogP contribution in [0.1, 0.15) is 43.0 Å². The molecule has 0 radical (unpaired) electrons. The molecular formula is C42H40ClN5O5S. The molecular weight excluding hydrogens is 722 g/mol. The molecule has 54 heavy (non-hydrogen) atoms. The SMILES string of the molecule is COC(=O)c1ccc(Cl)c(N(C(=O)[C@H](Cc2ccc(-c3ccsc3)cc2)N(C)C(=O)c2cc(C)cc(C)c2)[C@@H](Cc2c[nH]c3ccccc23)C(=O)NN)c1. The number of thiophene rings is 1. The molecule has 3 amide bonds. The van der Waals surface area contributed by atoms with Crippen molar-refractivity contribution < 1.29 is 23.9 Å². The number of nitrogens with zero attached hydrogens (tertiary/aromatic N) is 2. The number of carbonyl (C=O) groups is 4. The minimum absolute atomic E-state index is 0.00829. The number of amides is 3. The zero-order chi connectivity index (χ0) is 38.5. The highest BCUT2D eigenvalue weighted by atomic mass is 35.5. The summed E-state index contributed by atoms with van der Waals surface area (Å²) in [5.74, 6) is 3.46. The van der Waals surface area contributed by atoms with E-state index in [1.807, 2.05) is 79.9 Å². The maximum Gasteiger partial charge on any atom is 0.337 e. The van der Waals surface area contributed by atoms with Crippen molar-refractivity contribution in [2.24, 2.45) is 5.84 Å². The number of hydrogen-bond acceptors (Lipinski definition) is 7. The highest BCUT2D eigenvalue weighted by molar-refractivity contribution is 7.08. The van der Waals surface area contributed by atoms with Crippen LogP contribution in [0.5, 0.6) is 0 Å². The lowest BCUT2D eigenvalue weighted by molar-refractivity contribution is -0.128. The topological polar surface area (TPSA) is 138 Å². The maximum absolute atomic E-state index is 15.5. The molecule has 4 aromatic carbocycles. The standard InChI is InChI=1S/C42H40ClN5O5S/c1-25-17-26(2)19-31(18-25)40(50)47(3)38(20-27-9-11-28(12-10-27)30-15-16-54-24-30)41(51)48(36-21-29(42(52)53-4)13-14-34(36)43)37(39(49)46-44)22-32-23-45-35-8-6-5-7-33(32)35/h5-19,21,23-24,37-38,45H,20,22,44H2,1-4H3,(H,46,49)/t37-,38-/m0/s1. The van der Waals surface area contributed by atoms with E-state index < -0.39 is 29.9 Å². The number of anilines is 1. The van der Waals surface area contributed by atoms with E-state index in [0.29, 0.717) is 5.56 Å². The number of rotatable bonds is 12. The summed E-state index contributed by atoms with van der Waals surface area (Å²) in [4.78, 5) is 62.5. The number of nitrogens with one attached hydrogen (secondary N) is 2. The third-order valence-corrected chi connectivity index (χ3v) is 10.5. The number of hydrogen-bond donors (Lipinski definition) is 3. The minimum Gasteiger partial charge on any atom is -0.465 e. The first-order valence-electron chi connectivity index (χ1n) is 17.2. The monoisotopic (exact) mass is 761 g/mol. The average Bonchev–Trinajstić information content (AvgIpc) is 3.87. The zero-order valence-electron chi connectivity index (χ0n) is 30.3. The number of aromatic nitrogens is 1. The first kappa shape index (κ1) is 38.0. The molecule has 0 fully saturated rings. The second-order valence-corrected chi connectivity index (χ2v) is 14.4. The number of methoxy groups -OCH3 is 1. The van der Waals surface area contributed by atoms with Crippen LogP contribution >= 0.6 is 22.9 Å². The molecule has 0 bridgehead atoms. The Hall–Kier alpha value is -5.75. The second-order valence-electron chi connectivity index (χ2n) is 13.2. The van der Waals surface area contributed by atoms with Crippen LogP contribution in [-0.2, 0) is 27.2 Å². The van der Waals surface area contributed by atoms with Crippen LogP contribution in [0.25, 0.3) is 22.0 Å². The zero-order valence-corrected chi connectivity index (χ0v) is 31.8. The van der Waals surface area contributed by atoms with Gasteiger partial charge in [-0.1, -0.05) is 71.3 Å². The van der Waals surface area contributed by atoms with Gasteiger partial charge in [-0.15, -0.1) is 0 Å². The van der Waals surface area contributed by atoms with Crippen LogP contribution in [0.15, 0.2) is 108 Å². The lowest BCUT2D eigenvalue weighted by atomic mass is 9.97. The van der Waals surface area contributed by atoms with Crippen molar-refractivity contribution in [1.82, 2.24) is 15.3 Å². The molecule has 0 saturated heterocycles. The smallest absolute Gasteiger partial charge is 0.337 e. The molecule has 0 aliphatic heterocycles. The molecule has 6 rings (SSSR count). The predicted octanol–water partition coefficient (Wildman–Crippen LogP) is 7.27. The molecule has 0 saturated carbocycles. The van der Waals surface area contributed by atoms with Gasteiger partial charge in [0.05, 0.1) is 23.4 Å². The summed E-state index contributed by atoms with van der Waals surface area (Å²) in [6.07, 6.45) is 1.87. The third kappa shape index (κ3) is 8.08. The average molecular weight is 762 g/mol. The van der Waals surface area contributed by atoms with Gasteiger partial charge in [-0.2, -0.15) is 11.3 Å². The molecule has 0 spiro atoms. The lowest BCUT2D eigenvalue weighted by Crippen LogP contribution is -2.58. The molecule has 276 valence electrons. The van der Waals surface area contributed by atoms with E-state index in [1.54, 1.807) is 36.7 Å². The van der Waals surface area contributed by atoms with Crippen molar-refractivity contribution >= 4 is 63.2 Å². The Kier molecular flexibility index (Phi) is 11.6. The molecule has 6 aromatic rings. The van der Waals surface area contributed by atoms with E-state index in [4.69, 9.17) is 22.2 Å². The van der Waals surface area contributed by atoms with Crippen LogP contribution in [0, 0.1) is 13.8 Å². The summed E-state index contributed by atoms with van der Waals surface area (Å²) in [5.41, 5.74) is 9.04. The highest BCUT2D eigenvalue weighted by Crippen LogP contribution is 2.33. The lowest BCUT2D eigenvalue weighted by Gasteiger charge is -2.37. The van der Waals surface area contributed by atoms with Gasteiger partial charge in [0.15, 0.2) is 0 Å². The van der Waals surface area contributed by atoms with Gasteiger partial charge in [0.1, 0.15) is 12.1 Å². The van der Waals surface area contributed by atoms with Crippen molar-refractivity contribution in [3.8, 4) is 11.1 Å². The van der Waals surface area contributed by atoms with Gasteiger partial charge >= 0.3 is 5.97 Å². The van der Waals surface area contributed by atoms with Gasteiger partial charge in [-0.05, 0) is 89.3 Å². The van der Waals surface area contributed by atoms with Gasteiger partial charge in [-0.25, -0.2) is 10.6 Å². The summed E-state index contributed by atoms with van der Waals surface area (Å²) in [5, 5.41) is 4.99. The van der Waals surface area contributed by atoms with Gasteiger partial charge in [0.2, 0.25) is 0 Å². The molecule has 0 aliphatic rings. The summed E-state index contributed by atoms with van der Waals surface area (Å²) in [7, 11) is 2.82. The van der Waals surface area contributed by atoms with Crippen LogP contribution in [0.3, 0.4) is 0 Å². The van der Waals surface area contributed by atoms with Gasteiger partial charge in [0.25, 0.3) is 17.7 Å². The number of para-hydroxylation sites is 1. The van der Waals surface area contributed by atoms with E-state index >= 15 is 4.79 Å². The Labute approximate surface area is 322 Å². The largest absolute Gasteiger partial charge is 0.465 e. The quantitative estimate of drug-likeness (QED) is 0.0519. The Balaban J connectivity index is 1.51. The summed E-state index contributed by atoms with van der Waals surface area (Å²) in [6, 6.07) is 24.9. The molecule has 2 aromatic heterocycles. The summed E-state index contributed by atoms with van der Waals surface area (Å²) >= 11 is 8.46. The van der Waals surface area contributed by atoms with Crippen molar-refractivity contribution in [1.29, 1.82) is 0 Å². The molecule has 10 nitrogen and oxygen atoms in total. The Bertz CT molecular complexity index is 2300. The fourth-order valence-corrected chi connectivity index (χ4v) is 7.64. The first-order chi connectivity index (χ1) is 26.0. The van der Waals surface area contributed by atoms with E-state index in [-0.39, 0.29) is 35.0 Å². The molecule has 12 heteroatoms. The number of hydrazine groups is 1. The normalized spacial score (nSPS) is 12.2. The van der Waals surface area contributed by atoms with Gasteiger partial charge in [0, 0.05) is 42.6 Å². The molecule has 2 atom stereocenters. The van der Waals surface area contributed by atoms with Crippen LogP contribution in [-0.4, -0.2) is 59.8 Å². The van der Waals surface area contributed by atoms with Crippen LogP contribution < -0.4 is 16.2 Å². The number of H-pyrrole nitrogens is 1.